The zero-order valence-electron chi connectivity index (χ0n) is 20.5. The number of fused-ring (bicyclic) bond motifs is 2. The Balaban J connectivity index is 0.000000937. The Labute approximate surface area is 223 Å². The van der Waals surface area contributed by atoms with E-state index in [4.69, 9.17) is 10.5 Å². The lowest BCUT2D eigenvalue weighted by molar-refractivity contribution is -0.106. The van der Waals surface area contributed by atoms with Crippen LogP contribution >= 0.6 is 11.3 Å². The van der Waals surface area contributed by atoms with Crippen LogP contribution in [0.4, 0.5) is 17.3 Å². The summed E-state index contributed by atoms with van der Waals surface area (Å²) in [5.74, 6) is 7.27. The van der Waals surface area contributed by atoms with E-state index in [1.165, 1.54) is 35.5 Å². The van der Waals surface area contributed by atoms with Gasteiger partial charge in [-0.15, -0.1) is 11.3 Å². The second-order valence-electron chi connectivity index (χ2n) is 8.19. The molecule has 0 amide bonds. The molecule has 0 radical (unpaired) electrons. The summed E-state index contributed by atoms with van der Waals surface area (Å²) >= 11 is 1.51. The lowest BCUT2D eigenvalue weighted by atomic mass is 10.2. The van der Waals surface area contributed by atoms with E-state index >= 15 is 0 Å². The SMILES string of the molecule is CC=O.Nc1cnc(C#Cc2cc3c(Nc4ccc5c(ccn5Cc5ccccc5)c4)ncnc3s2)cn1. The maximum atomic E-state index is 8.81. The van der Waals surface area contributed by atoms with E-state index in [1.54, 1.807) is 12.5 Å². The fraction of sp³-hybridized carbons (Fsp3) is 0.0690. The fourth-order valence-corrected chi connectivity index (χ4v) is 4.73. The van der Waals surface area contributed by atoms with Gasteiger partial charge in [0.05, 0.1) is 22.7 Å². The van der Waals surface area contributed by atoms with E-state index < -0.39 is 0 Å². The Hall–Kier alpha value is -5.07. The average molecular weight is 518 g/mol. The van der Waals surface area contributed by atoms with Gasteiger partial charge < -0.3 is 20.4 Å². The Morgan fingerprint density at radius 1 is 1.00 bits per heavy atom. The zero-order chi connectivity index (χ0) is 26.3. The van der Waals surface area contributed by atoms with Crippen LogP contribution in [0.25, 0.3) is 21.1 Å². The van der Waals surface area contributed by atoms with Crippen molar-refractivity contribution in [3.05, 3.63) is 102 Å². The first-order valence-corrected chi connectivity index (χ1v) is 12.6. The van der Waals surface area contributed by atoms with Crippen molar-refractivity contribution in [2.24, 2.45) is 0 Å². The summed E-state index contributed by atoms with van der Waals surface area (Å²) in [4.78, 5) is 27.6. The van der Waals surface area contributed by atoms with Gasteiger partial charge in [-0.1, -0.05) is 30.3 Å². The molecule has 0 aliphatic rings. The van der Waals surface area contributed by atoms with Crippen LogP contribution in [-0.4, -0.2) is 30.8 Å². The molecule has 0 aliphatic carbocycles. The van der Waals surface area contributed by atoms with Gasteiger partial charge in [-0.3, -0.25) is 0 Å². The van der Waals surface area contributed by atoms with Crippen LogP contribution in [0.1, 0.15) is 23.1 Å². The van der Waals surface area contributed by atoms with Gasteiger partial charge in [0, 0.05) is 29.3 Å². The minimum Gasteiger partial charge on any atom is -0.382 e. The van der Waals surface area contributed by atoms with Gasteiger partial charge in [0.15, 0.2) is 0 Å². The number of rotatable bonds is 4. The topological polar surface area (TPSA) is 112 Å². The van der Waals surface area contributed by atoms with Crippen molar-refractivity contribution >= 4 is 56.1 Å². The number of hydrogen-bond donors (Lipinski definition) is 2. The van der Waals surface area contributed by atoms with Gasteiger partial charge in [-0.25, -0.2) is 19.9 Å². The first kappa shape index (κ1) is 24.6. The molecule has 0 aliphatic heterocycles. The van der Waals surface area contributed by atoms with Crippen molar-refractivity contribution in [1.29, 1.82) is 0 Å². The summed E-state index contributed by atoms with van der Waals surface area (Å²) in [6.07, 6.45) is 7.50. The maximum Gasteiger partial charge on any atom is 0.142 e. The number of thiophene rings is 1. The van der Waals surface area contributed by atoms with Crippen molar-refractivity contribution in [2.45, 2.75) is 13.5 Å². The second kappa shape index (κ2) is 11.3. The van der Waals surface area contributed by atoms with Gasteiger partial charge in [-0.05, 0) is 54.7 Å². The van der Waals surface area contributed by atoms with Crippen LogP contribution in [0, 0.1) is 11.8 Å². The van der Waals surface area contributed by atoms with E-state index in [1.807, 2.05) is 12.1 Å². The van der Waals surface area contributed by atoms with E-state index in [0.717, 1.165) is 44.8 Å². The number of nitrogens with two attached hydrogens (primary N) is 1. The van der Waals surface area contributed by atoms with Crippen molar-refractivity contribution < 1.29 is 4.79 Å². The third kappa shape index (κ3) is 5.67. The number of carbonyl (C=O) groups is 1. The molecule has 8 nitrogen and oxygen atoms in total. The average Bonchev–Trinajstić information content (AvgIpc) is 3.54. The lowest BCUT2D eigenvalue weighted by Crippen LogP contribution is -1.98. The number of nitrogens with one attached hydrogen (secondary N) is 1. The molecule has 0 fully saturated rings. The van der Waals surface area contributed by atoms with E-state index in [0.29, 0.717) is 11.5 Å². The van der Waals surface area contributed by atoms with Crippen LogP contribution in [0.5, 0.6) is 0 Å². The molecule has 186 valence electrons. The highest BCUT2D eigenvalue weighted by atomic mass is 32.1. The molecule has 38 heavy (non-hydrogen) atoms. The third-order valence-electron chi connectivity index (χ3n) is 5.54. The Kier molecular flexibility index (Phi) is 7.34. The van der Waals surface area contributed by atoms with Crippen LogP contribution < -0.4 is 11.1 Å². The molecule has 2 aromatic carbocycles. The second-order valence-corrected chi connectivity index (χ2v) is 9.22. The van der Waals surface area contributed by atoms with Gasteiger partial charge >= 0.3 is 0 Å². The van der Waals surface area contributed by atoms with Crippen molar-refractivity contribution in [1.82, 2.24) is 24.5 Å². The highest BCUT2D eigenvalue weighted by molar-refractivity contribution is 7.19. The molecule has 0 unspecified atom stereocenters. The molecular formula is C29H23N7OS. The largest absolute Gasteiger partial charge is 0.382 e. The molecule has 6 rings (SSSR count). The van der Waals surface area contributed by atoms with Gasteiger partial charge in [0.25, 0.3) is 0 Å². The summed E-state index contributed by atoms with van der Waals surface area (Å²) in [7, 11) is 0. The summed E-state index contributed by atoms with van der Waals surface area (Å²) in [6.45, 7) is 2.28. The molecule has 4 aromatic heterocycles. The number of nitrogen functional groups attached to an aromatic ring is 1. The summed E-state index contributed by atoms with van der Waals surface area (Å²) in [5, 5.41) is 5.54. The molecule has 0 saturated carbocycles. The molecule has 0 saturated heterocycles. The molecule has 9 heteroatoms. The van der Waals surface area contributed by atoms with Gasteiger partial charge in [-0.2, -0.15) is 0 Å². The van der Waals surface area contributed by atoms with Crippen LogP contribution in [0.15, 0.2) is 85.6 Å². The standard InChI is InChI=1S/C27H19N7S.C2H4O/c28-25-15-29-21(14-30-25)6-8-22-13-23-26(31-17-32-27(23)35-22)33-20-7-9-24-19(12-20)10-11-34(24)16-18-4-2-1-3-5-18;1-2-3/h1-5,7,9-15,17H,16H2,(H2,28,30)(H,31,32,33);2H,1H3. The van der Waals surface area contributed by atoms with Crippen LogP contribution in [0.3, 0.4) is 0 Å². The molecule has 0 spiro atoms. The number of benzene rings is 2. The van der Waals surface area contributed by atoms with E-state index in [2.05, 4.69) is 96.4 Å². The third-order valence-corrected chi connectivity index (χ3v) is 6.50. The summed E-state index contributed by atoms with van der Waals surface area (Å²) in [6, 6.07) is 20.9. The Bertz CT molecular complexity index is 1760. The van der Waals surface area contributed by atoms with Crippen molar-refractivity contribution in [3.8, 4) is 11.8 Å². The minimum absolute atomic E-state index is 0.370. The number of hydrogen-bond acceptors (Lipinski definition) is 8. The minimum atomic E-state index is 0.370. The molecule has 3 N–H and O–H groups in total. The number of nitrogens with zero attached hydrogens (tertiary/aromatic N) is 5. The first-order valence-electron chi connectivity index (χ1n) is 11.8. The molecular weight excluding hydrogens is 494 g/mol. The summed E-state index contributed by atoms with van der Waals surface area (Å²) in [5.41, 5.74) is 9.57. The van der Waals surface area contributed by atoms with Crippen LogP contribution in [0.2, 0.25) is 0 Å². The molecule has 0 bridgehead atoms. The number of aldehydes is 1. The number of aromatic nitrogens is 5. The van der Waals surface area contributed by atoms with Crippen LogP contribution in [-0.2, 0) is 11.3 Å². The Morgan fingerprint density at radius 3 is 2.63 bits per heavy atom. The first-order chi connectivity index (χ1) is 18.6. The lowest BCUT2D eigenvalue weighted by Gasteiger charge is -2.08. The predicted octanol–water partition coefficient (Wildman–Crippen LogP) is 5.42. The molecule has 4 heterocycles. The van der Waals surface area contributed by atoms with Crippen molar-refractivity contribution in [3.63, 3.8) is 0 Å². The smallest absolute Gasteiger partial charge is 0.142 e. The zero-order valence-corrected chi connectivity index (χ0v) is 21.3. The highest BCUT2D eigenvalue weighted by Crippen LogP contribution is 2.30. The summed E-state index contributed by atoms with van der Waals surface area (Å²) < 4.78 is 2.26. The monoisotopic (exact) mass is 517 g/mol. The highest BCUT2D eigenvalue weighted by Gasteiger charge is 2.10. The molecule has 6 aromatic rings. The Morgan fingerprint density at radius 2 is 1.84 bits per heavy atom. The predicted molar refractivity (Wildman–Crippen MR) is 152 cm³/mol. The normalized spacial score (nSPS) is 10.3. The van der Waals surface area contributed by atoms with E-state index in [-0.39, 0.29) is 0 Å². The van der Waals surface area contributed by atoms with Crippen molar-refractivity contribution in [2.75, 3.05) is 11.1 Å². The van der Waals surface area contributed by atoms with Gasteiger partial charge in [0.1, 0.15) is 34.8 Å². The number of anilines is 3. The molecule has 0 atom stereocenters. The quantitative estimate of drug-likeness (QED) is 0.237. The fourth-order valence-electron chi connectivity index (χ4n) is 3.88. The van der Waals surface area contributed by atoms with E-state index in [9.17, 15) is 0 Å². The van der Waals surface area contributed by atoms with Gasteiger partial charge in [0.2, 0.25) is 0 Å². The number of carbonyl (C=O) groups excluding carboxylic acids is 1. The maximum absolute atomic E-state index is 8.81.